The Kier molecular flexibility index (Phi) is 3.49. The van der Waals surface area contributed by atoms with E-state index in [0.29, 0.717) is 11.6 Å². The summed E-state index contributed by atoms with van der Waals surface area (Å²) in [4.78, 5) is 12.6. The van der Waals surface area contributed by atoms with Crippen molar-refractivity contribution >= 4 is 5.69 Å². The molecule has 0 atom stereocenters. The first kappa shape index (κ1) is 11.3. The monoisotopic (exact) mass is 230 g/mol. The van der Waals surface area contributed by atoms with E-state index in [9.17, 15) is 0 Å². The summed E-state index contributed by atoms with van der Waals surface area (Å²) in [5.41, 5.74) is 2.40. The summed E-state index contributed by atoms with van der Waals surface area (Å²) in [5, 5.41) is 3.23. The van der Waals surface area contributed by atoms with Gasteiger partial charge >= 0.3 is 0 Å². The highest BCUT2D eigenvalue weighted by Crippen LogP contribution is 2.24. The van der Waals surface area contributed by atoms with Gasteiger partial charge in [-0.3, -0.25) is 4.98 Å². The van der Waals surface area contributed by atoms with Crippen LogP contribution in [0.2, 0.25) is 0 Å². The Balaban J connectivity index is 2.41. The molecular formula is C12H14N4O. The molecule has 0 spiro atoms. The van der Waals surface area contributed by atoms with Crippen LogP contribution in [0.1, 0.15) is 6.92 Å². The van der Waals surface area contributed by atoms with Crippen LogP contribution in [0.25, 0.3) is 11.4 Å². The number of ether oxygens (including phenoxy) is 1. The average Bonchev–Trinajstić information content (AvgIpc) is 2.39. The fraction of sp³-hybridized carbons (Fsp3) is 0.250. The molecule has 5 nitrogen and oxygen atoms in total. The van der Waals surface area contributed by atoms with E-state index < -0.39 is 0 Å². The second-order valence-electron chi connectivity index (χ2n) is 3.37. The van der Waals surface area contributed by atoms with Crippen LogP contribution >= 0.6 is 0 Å². The minimum Gasteiger partial charge on any atom is -0.479 e. The molecule has 2 aromatic heterocycles. The number of aromatic nitrogens is 3. The number of hydrogen-bond acceptors (Lipinski definition) is 5. The third-order valence-electron chi connectivity index (χ3n) is 2.24. The van der Waals surface area contributed by atoms with Crippen molar-refractivity contribution in [2.24, 2.45) is 0 Å². The molecule has 0 bridgehead atoms. The van der Waals surface area contributed by atoms with Gasteiger partial charge in [-0.25, -0.2) is 9.97 Å². The van der Waals surface area contributed by atoms with Crippen molar-refractivity contribution in [2.45, 2.75) is 6.92 Å². The molecule has 0 amide bonds. The van der Waals surface area contributed by atoms with E-state index in [1.54, 1.807) is 25.7 Å². The van der Waals surface area contributed by atoms with E-state index in [4.69, 9.17) is 4.74 Å². The lowest BCUT2D eigenvalue weighted by molar-refractivity contribution is 0.397. The SMILES string of the molecule is CCNc1ccnc(-c2nccnc2OC)c1. The van der Waals surface area contributed by atoms with E-state index in [-0.39, 0.29) is 0 Å². The maximum atomic E-state index is 5.17. The van der Waals surface area contributed by atoms with Gasteiger partial charge < -0.3 is 10.1 Å². The van der Waals surface area contributed by atoms with Crippen molar-refractivity contribution in [1.29, 1.82) is 0 Å². The van der Waals surface area contributed by atoms with Crippen LogP contribution in [0.3, 0.4) is 0 Å². The van der Waals surface area contributed by atoms with Gasteiger partial charge in [0.1, 0.15) is 0 Å². The second-order valence-corrected chi connectivity index (χ2v) is 3.37. The summed E-state index contributed by atoms with van der Waals surface area (Å²) in [6, 6.07) is 3.84. The van der Waals surface area contributed by atoms with Gasteiger partial charge in [-0.05, 0) is 19.1 Å². The quantitative estimate of drug-likeness (QED) is 0.870. The predicted molar refractivity (Wildman–Crippen MR) is 66.0 cm³/mol. The third-order valence-corrected chi connectivity index (χ3v) is 2.24. The number of anilines is 1. The standard InChI is InChI=1S/C12H14N4O/c1-3-13-9-4-5-14-10(8-9)11-12(17-2)16-7-6-15-11/h4-8H,3H2,1-2H3,(H,13,14). The molecule has 5 heteroatoms. The van der Waals surface area contributed by atoms with Gasteiger partial charge in [0.05, 0.1) is 12.8 Å². The van der Waals surface area contributed by atoms with Crippen molar-refractivity contribution in [1.82, 2.24) is 15.0 Å². The van der Waals surface area contributed by atoms with Crippen molar-refractivity contribution in [3.63, 3.8) is 0 Å². The first-order valence-corrected chi connectivity index (χ1v) is 5.40. The number of nitrogens with one attached hydrogen (secondary N) is 1. The van der Waals surface area contributed by atoms with Crippen molar-refractivity contribution in [3.8, 4) is 17.3 Å². The average molecular weight is 230 g/mol. The van der Waals surface area contributed by atoms with Crippen LogP contribution < -0.4 is 10.1 Å². The van der Waals surface area contributed by atoms with Gasteiger partial charge in [-0.2, -0.15) is 0 Å². The molecular weight excluding hydrogens is 216 g/mol. The Bertz CT molecular complexity index is 501. The molecule has 2 heterocycles. The molecule has 0 fully saturated rings. The summed E-state index contributed by atoms with van der Waals surface area (Å²) in [5.74, 6) is 0.480. The van der Waals surface area contributed by atoms with Gasteiger partial charge in [-0.15, -0.1) is 0 Å². The summed E-state index contributed by atoms with van der Waals surface area (Å²) in [7, 11) is 1.57. The fourth-order valence-electron chi connectivity index (χ4n) is 1.52. The maximum Gasteiger partial charge on any atom is 0.241 e. The fourth-order valence-corrected chi connectivity index (χ4v) is 1.52. The topological polar surface area (TPSA) is 59.9 Å². The predicted octanol–water partition coefficient (Wildman–Crippen LogP) is 1.98. The van der Waals surface area contributed by atoms with Gasteiger partial charge in [0, 0.05) is 30.8 Å². The molecule has 0 aliphatic carbocycles. The zero-order valence-electron chi connectivity index (χ0n) is 9.84. The lowest BCUT2D eigenvalue weighted by atomic mass is 10.2. The summed E-state index contributed by atoms with van der Waals surface area (Å²) in [6.07, 6.45) is 4.96. The molecule has 0 radical (unpaired) electrons. The van der Waals surface area contributed by atoms with Gasteiger partial charge in [0.2, 0.25) is 5.88 Å². The van der Waals surface area contributed by atoms with E-state index in [0.717, 1.165) is 17.9 Å². The van der Waals surface area contributed by atoms with Crippen LogP contribution in [0.5, 0.6) is 5.88 Å². The Morgan fingerprint density at radius 2 is 2.00 bits per heavy atom. The highest BCUT2D eigenvalue weighted by atomic mass is 16.5. The van der Waals surface area contributed by atoms with Crippen LogP contribution in [0.4, 0.5) is 5.69 Å². The molecule has 2 rings (SSSR count). The van der Waals surface area contributed by atoms with Crippen LogP contribution in [0, 0.1) is 0 Å². The van der Waals surface area contributed by atoms with Gasteiger partial charge in [0.25, 0.3) is 0 Å². The van der Waals surface area contributed by atoms with Crippen LogP contribution in [-0.4, -0.2) is 28.6 Å². The number of pyridine rings is 1. The molecule has 0 aromatic carbocycles. The molecule has 0 aliphatic heterocycles. The Morgan fingerprint density at radius 1 is 1.18 bits per heavy atom. The molecule has 0 saturated carbocycles. The number of nitrogens with zero attached hydrogens (tertiary/aromatic N) is 3. The van der Waals surface area contributed by atoms with E-state index in [1.807, 2.05) is 19.1 Å². The lowest BCUT2D eigenvalue weighted by Gasteiger charge is -2.07. The normalized spacial score (nSPS) is 10.0. The summed E-state index contributed by atoms with van der Waals surface area (Å²) in [6.45, 7) is 2.91. The molecule has 0 aliphatic rings. The van der Waals surface area contributed by atoms with Gasteiger partial charge in [0.15, 0.2) is 5.69 Å². The second kappa shape index (κ2) is 5.25. The zero-order valence-corrected chi connectivity index (χ0v) is 9.84. The molecule has 1 N–H and O–H groups in total. The largest absolute Gasteiger partial charge is 0.479 e. The smallest absolute Gasteiger partial charge is 0.241 e. The van der Waals surface area contributed by atoms with Crippen molar-refractivity contribution < 1.29 is 4.74 Å². The first-order chi connectivity index (χ1) is 8.35. The van der Waals surface area contributed by atoms with E-state index >= 15 is 0 Å². The van der Waals surface area contributed by atoms with E-state index in [1.165, 1.54) is 0 Å². The van der Waals surface area contributed by atoms with Crippen LogP contribution in [-0.2, 0) is 0 Å². The molecule has 0 unspecified atom stereocenters. The Hall–Kier alpha value is -2.17. The van der Waals surface area contributed by atoms with Crippen LogP contribution in [0.15, 0.2) is 30.7 Å². The lowest BCUT2D eigenvalue weighted by Crippen LogP contribution is -1.99. The molecule has 0 saturated heterocycles. The molecule has 88 valence electrons. The zero-order chi connectivity index (χ0) is 12.1. The van der Waals surface area contributed by atoms with E-state index in [2.05, 4.69) is 20.3 Å². The minimum absolute atomic E-state index is 0.480. The molecule has 2 aromatic rings. The maximum absolute atomic E-state index is 5.17. The minimum atomic E-state index is 0.480. The summed E-state index contributed by atoms with van der Waals surface area (Å²) >= 11 is 0. The number of methoxy groups -OCH3 is 1. The number of hydrogen-bond donors (Lipinski definition) is 1. The summed E-state index contributed by atoms with van der Waals surface area (Å²) < 4.78 is 5.17. The van der Waals surface area contributed by atoms with Gasteiger partial charge in [-0.1, -0.05) is 0 Å². The molecule has 17 heavy (non-hydrogen) atoms. The Morgan fingerprint density at radius 3 is 2.76 bits per heavy atom. The number of rotatable bonds is 4. The van der Waals surface area contributed by atoms with Crippen molar-refractivity contribution in [2.75, 3.05) is 19.0 Å². The van der Waals surface area contributed by atoms with Crippen molar-refractivity contribution in [3.05, 3.63) is 30.7 Å². The first-order valence-electron chi connectivity index (χ1n) is 5.40. The highest BCUT2D eigenvalue weighted by molar-refractivity contribution is 5.64. The third kappa shape index (κ3) is 2.50. The Labute approximate surface area is 99.9 Å². The highest BCUT2D eigenvalue weighted by Gasteiger charge is 2.09.